The standard InChI is InChI=1S/C18H27FN4O13P2S2/c19-14-8(20)7(34-18(14)1-2-40-13-15(18)22-5-23-16(13)21)4-32-38(31,39)36-37(29,30)35-17-11(28)9(26)10(27)12(33-17)6(25)3-24/h1-2,5-12,14,17,24-28H,3-4,20H2,(H,29,30)(H,31,39)(H2,21,22,23)/t6-,7+,8+,9?,10?,11?,12?,14+,17?,18-,38?/m0/s1. The molecular formula is C18H27FN4O13P2S2. The molecule has 2 fully saturated rings. The summed E-state index contributed by atoms with van der Waals surface area (Å²) in [6.07, 6.45) is -12.5. The van der Waals surface area contributed by atoms with Crippen LogP contribution in [0.3, 0.4) is 0 Å². The van der Waals surface area contributed by atoms with Gasteiger partial charge in [0.25, 0.3) is 0 Å². The number of thioether (sulfide) groups is 1. The Balaban J connectivity index is 1.41. The van der Waals surface area contributed by atoms with Gasteiger partial charge in [-0.1, -0.05) is 24.0 Å². The molecule has 7 unspecified atom stereocenters. The average Bonchev–Trinajstić information content (AvgIpc) is 3.12. The molecule has 3 aliphatic rings. The largest absolute Gasteiger partial charge is 0.482 e. The van der Waals surface area contributed by atoms with Gasteiger partial charge in [0.15, 0.2) is 18.1 Å². The number of nitrogen functional groups attached to an aromatic ring is 1. The van der Waals surface area contributed by atoms with E-state index in [1.807, 2.05) is 0 Å². The molecular weight excluding hydrogens is 625 g/mol. The van der Waals surface area contributed by atoms with E-state index in [0.717, 1.165) is 18.1 Å². The van der Waals surface area contributed by atoms with Crippen molar-refractivity contribution in [3.8, 4) is 0 Å². The molecule has 40 heavy (non-hydrogen) atoms. The lowest BCUT2D eigenvalue weighted by molar-refractivity contribution is -0.292. The molecule has 17 nitrogen and oxygen atoms in total. The van der Waals surface area contributed by atoms with Gasteiger partial charge in [-0.05, 0) is 11.5 Å². The molecule has 22 heteroatoms. The van der Waals surface area contributed by atoms with E-state index in [1.165, 1.54) is 11.5 Å². The molecule has 0 amide bonds. The van der Waals surface area contributed by atoms with Crippen molar-refractivity contribution in [1.82, 2.24) is 9.97 Å². The minimum atomic E-state index is -5.48. The van der Waals surface area contributed by atoms with E-state index in [9.17, 15) is 34.4 Å². The molecule has 226 valence electrons. The highest BCUT2D eigenvalue weighted by Crippen LogP contribution is 2.66. The first kappa shape index (κ1) is 32.2. The maximum absolute atomic E-state index is 15.5. The number of anilines is 1. The summed E-state index contributed by atoms with van der Waals surface area (Å²) in [5, 5.41) is 50.3. The SMILES string of the molecule is Nc1ncnc2c1SC=C[C@@]21O[C@H](COP(=O)(S)OP(=O)(O)OC2OC([C@@H](O)CO)C(O)C(O)C2O)[C@@H](N)[C@H]1F. The minimum absolute atomic E-state index is 0.0843. The number of hydrogen-bond acceptors (Lipinski definition) is 17. The molecule has 12 atom stereocenters. The highest BCUT2D eigenvalue weighted by molar-refractivity contribution is 8.45. The number of nitrogens with two attached hydrogens (primary N) is 2. The summed E-state index contributed by atoms with van der Waals surface area (Å²) in [6, 6.07) is -1.36. The summed E-state index contributed by atoms with van der Waals surface area (Å²) in [5.74, 6) is 0.0843. The van der Waals surface area contributed by atoms with Crippen LogP contribution in [0.1, 0.15) is 5.69 Å². The number of alkyl halides is 1. The lowest BCUT2D eigenvalue weighted by Gasteiger charge is -2.41. The maximum Gasteiger partial charge on any atom is 0.482 e. The van der Waals surface area contributed by atoms with Gasteiger partial charge in [-0.15, -0.1) is 0 Å². The number of aromatic nitrogens is 2. The first-order valence-electron chi connectivity index (χ1n) is 11.3. The van der Waals surface area contributed by atoms with E-state index >= 15 is 4.39 Å². The van der Waals surface area contributed by atoms with Crippen molar-refractivity contribution < 1.29 is 66.8 Å². The number of halogens is 1. The van der Waals surface area contributed by atoms with Gasteiger partial charge in [0.1, 0.15) is 48.8 Å². The first-order chi connectivity index (χ1) is 18.6. The van der Waals surface area contributed by atoms with Crippen molar-refractivity contribution in [2.45, 2.75) is 65.6 Å². The number of phosphoric ester groups is 1. The van der Waals surface area contributed by atoms with Crippen LogP contribution in [-0.4, -0.2) is 109 Å². The van der Waals surface area contributed by atoms with Crippen LogP contribution in [0.25, 0.3) is 0 Å². The maximum atomic E-state index is 15.5. The average molecular weight is 653 g/mol. The van der Waals surface area contributed by atoms with E-state index in [1.54, 1.807) is 0 Å². The molecule has 0 bridgehead atoms. The summed E-state index contributed by atoms with van der Waals surface area (Å²) < 4.78 is 65.7. The van der Waals surface area contributed by atoms with Gasteiger partial charge in [-0.2, -0.15) is 4.31 Å². The quantitative estimate of drug-likeness (QED) is 0.106. The number of phosphoric acid groups is 1. The number of aliphatic hydroxyl groups excluding tert-OH is 5. The number of ether oxygens (including phenoxy) is 2. The number of aliphatic hydroxyl groups is 5. The van der Waals surface area contributed by atoms with Gasteiger partial charge >= 0.3 is 14.6 Å². The Morgan fingerprint density at radius 3 is 2.62 bits per heavy atom. The minimum Gasteiger partial charge on any atom is -0.394 e. The number of hydrogen-bond donors (Lipinski definition) is 9. The van der Waals surface area contributed by atoms with Crippen LogP contribution < -0.4 is 11.5 Å². The molecule has 4 heterocycles. The van der Waals surface area contributed by atoms with E-state index in [4.69, 9.17) is 30.6 Å². The number of nitrogens with zero attached hydrogens (tertiary/aromatic N) is 2. The van der Waals surface area contributed by atoms with Gasteiger partial charge in [0.2, 0.25) is 0 Å². The van der Waals surface area contributed by atoms with Gasteiger partial charge < -0.3 is 51.4 Å². The Kier molecular flexibility index (Phi) is 9.71. The molecule has 2 saturated heterocycles. The van der Waals surface area contributed by atoms with Crippen molar-refractivity contribution in [2.24, 2.45) is 5.73 Å². The molecule has 4 rings (SSSR count). The van der Waals surface area contributed by atoms with Crippen molar-refractivity contribution in [2.75, 3.05) is 18.9 Å². The predicted octanol–water partition coefficient (Wildman–Crippen LogP) is -1.71. The van der Waals surface area contributed by atoms with E-state index in [2.05, 4.69) is 31.1 Å². The lowest BCUT2D eigenvalue weighted by Crippen LogP contribution is -2.61. The molecule has 1 spiro atoms. The smallest absolute Gasteiger partial charge is 0.394 e. The van der Waals surface area contributed by atoms with Crippen LogP contribution in [0.2, 0.25) is 0 Å². The first-order valence-corrected chi connectivity index (χ1v) is 16.4. The molecule has 3 aliphatic heterocycles. The summed E-state index contributed by atoms with van der Waals surface area (Å²) in [4.78, 5) is 18.4. The summed E-state index contributed by atoms with van der Waals surface area (Å²) in [6.45, 7) is -6.50. The van der Waals surface area contributed by atoms with Gasteiger partial charge in [0.05, 0.1) is 29.8 Å². The molecule has 0 saturated carbocycles. The highest BCUT2D eigenvalue weighted by Gasteiger charge is 2.58. The monoisotopic (exact) mass is 652 g/mol. The summed E-state index contributed by atoms with van der Waals surface area (Å²) in [5.41, 5.74) is 10.2. The number of thiol groups is 1. The van der Waals surface area contributed by atoms with Crippen LogP contribution in [0.4, 0.5) is 10.2 Å². The zero-order chi connectivity index (χ0) is 29.6. The summed E-state index contributed by atoms with van der Waals surface area (Å²) in [7, 11) is -5.48. The van der Waals surface area contributed by atoms with E-state index < -0.39 is 88.6 Å². The predicted molar refractivity (Wildman–Crippen MR) is 135 cm³/mol. The molecule has 1 aromatic rings. The Hall–Kier alpha value is -0.770. The van der Waals surface area contributed by atoms with Crippen molar-refractivity contribution in [3.05, 3.63) is 23.5 Å². The zero-order valence-electron chi connectivity index (χ0n) is 20.1. The number of rotatable bonds is 9. The Morgan fingerprint density at radius 1 is 1.25 bits per heavy atom. The third-order valence-electron chi connectivity index (χ3n) is 6.24. The summed E-state index contributed by atoms with van der Waals surface area (Å²) >= 11 is 4.75. The fraction of sp³-hybridized carbons (Fsp3) is 0.667. The Bertz CT molecular complexity index is 1220. The van der Waals surface area contributed by atoms with Gasteiger partial charge in [-0.25, -0.2) is 23.5 Å². The number of fused-ring (bicyclic) bond motifs is 2. The normalized spacial score (nSPS) is 39.4. The third kappa shape index (κ3) is 6.28. The second-order valence-electron chi connectivity index (χ2n) is 8.90. The fourth-order valence-corrected chi connectivity index (χ4v) is 8.34. The topological polar surface area (TPSA) is 279 Å². The van der Waals surface area contributed by atoms with Crippen LogP contribution >= 0.6 is 38.6 Å². The van der Waals surface area contributed by atoms with Gasteiger partial charge in [-0.3, -0.25) is 9.05 Å². The molecule has 10 N–H and O–H groups in total. The van der Waals surface area contributed by atoms with Crippen molar-refractivity contribution in [3.63, 3.8) is 0 Å². The lowest BCUT2D eigenvalue weighted by atomic mass is 9.91. The third-order valence-corrected chi connectivity index (χ3v) is 10.8. The van der Waals surface area contributed by atoms with Crippen LogP contribution in [-0.2, 0) is 37.6 Å². The zero-order valence-corrected chi connectivity index (χ0v) is 23.6. The van der Waals surface area contributed by atoms with Crippen LogP contribution in [0, 0.1) is 0 Å². The van der Waals surface area contributed by atoms with Crippen LogP contribution in [0.15, 0.2) is 22.7 Å². The molecule has 0 aliphatic carbocycles. The molecule has 1 aromatic heterocycles. The van der Waals surface area contributed by atoms with E-state index in [0.29, 0.717) is 4.90 Å². The van der Waals surface area contributed by atoms with Crippen molar-refractivity contribution in [1.29, 1.82) is 0 Å². The second kappa shape index (κ2) is 12.1. The highest BCUT2D eigenvalue weighted by atomic mass is 32.7. The van der Waals surface area contributed by atoms with Crippen LogP contribution in [0.5, 0.6) is 0 Å². The fourth-order valence-electron chi connectivity index (χ4n) is 4.25. The van der Waals surface area contributed by atoms with Crippen molar-refractivity contribution >= 4 is 44.4 Å². The molecule has 0 aromatic carbocycles. The Labute approximate surface area is 234 Å². The molecule has 0 radical (unpaired) electrons. The van der Waals surface area contributed by atoms with E-state index in [-0.39, 0.29) is 11.5 Å². The second-order valence-corrected chi connectivity index (χ2v) is 14.3. The van der Waals surface area contributed by atoms with Gasteiger partial charge in [0, 0.05) is 0 Å². The Morgan fingerprint density at radius 2 is 1.95 bits per heavy atom.